The Morgan fingerprint density at radius 3 is 2.50 bits per heavy atom. The third-order valence-electron chi connectivity index (χ3n) is 3.36. The number of hydrogen-bond donors (Lipinski definition) is 0. The normalized spacial score (nSPS) is 15.0. The molecule has 0 saturated heterocycles. The third-order valence-corrected chi connectivity index (χ3v) is 3.36. The summed E-state index contributed by atoms with van der Waals surface area (Å²) in [6, 6.07) is 4.10. The zero-order valence-corrected chi connectivity index (χ0v) is 10.9. The van der Waals surface area contributed by atoms with Crippen molar-refractivity contribution in [2.24, 2.45) is 0 Å². The first-order valence-corrected chi connectivity index (χ1v) is 6.18. The summed E-state index contributed by atoms with van der Waals surface area (Å²) in [5.41, 5.74) is 2.58. The van der Waals surface area contributed by atoms with Gasteiger partial charge in [0.25, 0.3) is 0 Å². The van der Waals surface area contributed by atoms with E-state index in [1.54, 1.807) is 14.2 Å². The second-order valence-corrected chi connectivity index (χ2v) is 4.46. The predicted octanol–water partition coefficient (Wildman–Crippen LogP) is 1.65. The van der Waals surface area contributed by atoms with Gasteiger partial charge in [-0.3, -0.25) is 4.90 Å². The van der Waals surface area contributed by atoms with Gasteiger partial charge in [0.05, 0.1) is 14.2 Å². The van der Waals surface area contributed by atoms with Gasteiger partial charge in [0.2, 0.25) is 0 Å². The first-order chi connectivity index (χ1) is 8.78. The number of fused-ring (bicyclic) bond motifs is 1. The van der Waals surface area contributed by atoms with Gasteiger partial charge in [-0.15, -0.1) is 0 Å². The number of nitrogens with zero attached hydrogens (tertiary/aromatic N) is 1. The van der Waals surface area contributed by atoms with Gasteiger partial charge in [-0.05, 0) is 29.7 Å². The Hall–Kier alpha value is -1.55. The van der Waals surface area contributed by atoms with E-state index >= 15 is 0 Å². The summed E-state index contributed by atoms with van der Waals surface area (Å²) >= 11 is 0. The number of methoxy groups -OCH3 is 2. The van der Waals surface area contributed by atoms with Crippen LogP contribution in [-0.4, -0.2) is 38.5 Å². The molecule has 0 amide bonds. The molecule has 0 bridgehead atoms. The fraction of sp³-hybridized carbons (Fsp3) is 0.500. The summed E-state index contributed by atoms with van der Waals surface area (Å²) < 4.78 is 10.6. The molecule has 0 radical (unpaired) electrons. The lowest BCUT2D eigenvalue weighted by atomic mass is 9.98. The first kappa shape index (κ1) is 12.9. The lowest BCUT2D eigenvalue weighted by Gasteiger charge is -2.28. The lowest BCUT2D eigenvalue weighted by molar-refractivity contribution is -0.108. The van der Waals surface area contributed by atoms with Gasteiger partial charge in [0.1, 0.15) is 6.29 Å². The van der Waals surface area contributed by atoms with E-state index in [9.17, 15) is 4.79 Å². The van der Waals surface area contributed by atoms with Gasteiger partial charge >= 0.3 is 0 Å². The van der Waals surface area contributed by atoms with Crippen molar-refractivity contribution < 1.29 is 14.3 Å². The maximum Gasteiger partial charge on any atom is 0.161 e. The van der Waals surface area contributed by atoms with E-state index in [2.05, 4.69) is 11.0 Å². The van der Waals surface area contributed by atoms with Crippen molar-refractivity contribution in [1.82, 2.24) is 4.90 Å². The largest absolute Gasteiger partial charge is 0.493 e. The standard InChI is InChI=1S/C14H19NO3/c1-17-13-8-11-4-6-15(5-3-7-16)10-12(11)9-14(13)18-2/h7-9H,3-6,10H2,1-2H3. The summed E-state index contributed by atoms with van der Waals surface area (Å²) in [5, 5.41) is 0. The van der Waals surface area contributed by atoms with Crippen LogP contribution < -0.4 is 9.47 Å². The van der Waals surface area contributed by atoms with Crippen LogP contribution in [0.5, 0.6) is 11.5 Å². The molecule has 4 heteroatoms. The zero-order valence-electron chi connectivity index (χ0n) is 10.9. The number of hydrogen-bond acceptors (Lipinski definition) is 4. The minimum absolute atomic E-state index is 0.600. The highest BCUT2D eigenvalue weighted by atomic mass is 16.5. The topological polar surface area (TPSA) is 38.8 Å². The van der Waals surface area contributed by atoms with E-state index in [0.29, 0.717) is 6.42 Å². The first-order valence-electron chi connectivity index (χ1n) is 6.18. The molecule has 1 aromatic carbocycles. The molecule has 1 heterocycles. The second kappa shape index (κ2) is 5.87. The SMILES string of the molecule is COc1cc2c(cc1OC)CN(CCC=O)CC2. The molecule has 4 nitrogen and oxygen atoms in total. The van der Waals surface area contributed by atoms with Crippen molar-refractivity contribution in [3.8, 4) is 11.5 Å². The minimum Gasteiger partial charge on any atom is -0.493 e. The van der Waals surface area contributed by atoms with Crippen LogP contribution in [0.15, 0.2) is 12.1 Å². The van der Waals surface area contributed by atoms with E-state index in [1.165, 1.54) is 11.1 Å². The van der Waals surface area contributed by atoms with Crippen LogP contribution in [0.3, 0.4) is 0 Å². The van der Waals surface area contributed by atoms with Crippen LogP contribution in [0.25, 0.3) is 0 Å². The molecule has 0 aliphatic carbocycles. The Morgan fingerprint density at radius 1 is 1.22 bits per heavy atom. The summed E-state index contributed by atoms with van der Waals surface area (Å²) in [7, 11) is 3.31. The highest BCUT2D eigenvalue weighted by Crippen LogP contribution is 2.33. The molecule has 0 spiro atoms. The average Bonchev–Trinajstić information content (AvgIpc) is 2.43. The second-order valence-electron chi connectivity index (χ2n) is 4.46. The van der Waals surface area contributed by atoms with Gasteiger partial charge in [-0.25, -0.2) is 0 Å². The summed E-state index contributed by atoms with van der Waals surface area (Å²) in [4.78, 5) is 12.7. The van der Waals surface area contributed by atoms with Gasteiger partial charge in [0.15, 0.2) is 11.5 Å². The molecule has 18 heavy (non-hydrogen) atoms. The zero-order chi connectivity index (χ0) is 13.0. The van der Waals surface area contributed by atoms with Crippen molar-refractivity contribution in [3.63, 3.8) is 0 Å². The van der Waals surface area contributed by atoms with E-state index in [-0.39, 0.29) is 0 Å². The molecule has 0 fully saturated rings. The van der Waals surface area contributed by atoms with Crippen LogP contribution in [0.2, 0.25) is 0 Å². The molecule has 0 unspecified atom stereocenters. The molecule has 0 atom stereocenters. The third kappa shape index (κ3) is 2.64. The van der Waals surface area contributed by atoms with Crippen LogP contribution in [-0.2, 0) is 17.8 Å². The van der Waals surface area contributed by atoms with E-state index in [0.717, 1.165) is 43.8 Å². The van der Waals surface area contributed by atoms with Crippen LogP contribution in [0, 0.1) is 0 Å². The molecule has 0 N–H and O–H groups in total. The van der Waals surface area contributed by atoms with Crippen molar-refractivity contribution in [2.75, 3.05) is 27.3 Å². The van der Waals surface area contributed by atoms with E-state index in [1.807, 2.05) is 6.07 Å². The molecular formula is C14H19NO3. The van der Waals surface area contributed by atoms with Gasteiger partial charge < -0.3 is 14.3 Å². The van der Waals surface area contributed by atoms with Crippen LogP contribution >= 0.6 is 0 Å². The fourth-order valence-corrected chi connectivity index (χ4v) is 2.37. The monoisotopic (exact) mass is 249 g/mol. The number of aldehydes is 1. The Balaban J connectivity index is 2.18. The van der Waals surface area contributed by atoms with Crippen molar-refractivity contribution in [2.45, 2.75) is 19.4 Å². The quantitative estimate of drug-likeness (QED) is 0.744. The van der Waals surface area contributed by atoms with Gasteiger partial charge in [-0.1, -0.05) is 0 Å². The van der Waals surface area contributed by atoms with Crippen molar-refractivity contribution in [3.05, 3.63) is 23.3 Å². The Morgan fingerprint density at radius 2 is 1.89 bits per heavy atom. The van der Waals surface area contributed by atoms with E-state index < -0.39 is 0 Å². The average molecular weight is 249 g/mol. The Kier molecular flexibility index (Phi) is 4.20. The maximum absolute atomic E-state index is 10.4. The molecule has 1 aromatic rings. The van der Waals surface area contributed by atoms with Crippen molar-refractivity contribution in [1.29, 1.82) is 0 Å². The highest BCUT2D eigenvalue weighted by molar-refractivity contribution is 5.50. The number of carbonyl (C=O) groups excluding carboxylic acids is 1. The number of benzene rings is 1. The molecule has 98 valence electrons. The smallest absolute Gasteiger partial charge is 0.161 e. The molecule has 0 saturated carbocycles. The number of carbonyl (C=O) groups is 1. The minimum atomic E-state index is 0.600. The summed E-state index contributed by atoms with van der Waals surface area (Å²) in [6.45, 7) is 2.71. The number of ether oxygens (including phenoxy) is 2. The molecular weight excluding hydrogens is 230 g/mol. The van der Waals surface area contributed by atoms with Gasteiger partial charge in [-0.2, -0.15) is 0 Å². The maximum atomic E-state index is 10.4. The summed E-state index contributed by atoms with van der Waals surface area (Å²) in [6.07, 6.45) is 2.57. The van der Waals surface area contributed by atoms with Crippen molar-refractivity contribution >= 4 is 6.29 Å². The Labute approximate surface area is 107 Å². The molecule has 1 aliphatic heterocycles. The molecule has 2 rings (SSSR count). The highest BCUT2D eigenvalue weighted by Gasteiger charge is 2.18. The molecule has 0 aromatic heterocycles. The Bertz CT molecular complexity index is 431. The predicted molar refractivity (Wildman–Crippen MR) is 69.2 cm³/mol. The van der Waals surface area contributed by atoms with Gasteiger partial charge in [0, 0.05) is 26.1 Å². The lowest BCUT2D eigenvalue weighted by Crippen LogP contribution is -2.31. The van der Waals surface area contributed by atoms with Crippen LogP contribution in [0.1, 0.15) is 17.5 Å². The number of rotatable bonds is 5. The fourth-order valence-electron chi connectivity index (χ4n) is 2.37. The molecule has 1 aliphatic rings. The van der Waals surface area contributed by atoms with Crippen LogP contribution in [0.4, 0.5) is 0 Å². The van der Waals surface area contributed by atoms with E-state index in [4.69, 9.17) is 9.47 Å². The summed E-state index contributed by atoms with van der Waals surface area (Å²) in [5.74, 6) is 1.56.